The summed E-state index contributed by atoms with van der Waals surface area (Å²) in [5, 5.41) is 11.2. The molecule has 1 heterocycles. The number of hydrogen-bond donors (Lipinski definition) is 1. The zero-order valence-corrected chi connectivity index (χ0v) is 13.2. The lowest BCUT2D eigenvalue weighted by Crippen LogP contribution is -2.23. The number of carbonyl (C=O) groups excluding carboxylic acids is 1. The summed E-state index contributed by atoms with van der Waals surface area (Å²) in [5.74, 6) is 0.471. The van der Waals surface area contributed by atoms with Gasteiger partial charge in [0.15, 0.2) is 0 Å². The second kappa shape index (κ2) is 6.62. The van der Waals surface area contributed by atoms with Crippen LogP contribution in [0.3, 0.4) is 0 Å². The quantitative estimate of drug-likeness (QED) is 0.794. The zero-order valence-electron chi connectivity index (χ0n) is 12.4. The molecule has 0 atom stereocenters. The molecule has 116 valence electrons. The van der Waals surface area contributed by atoms with E-state index >= 15 is 0 Å². The van der Waals surface area contributed by atoms with Crippen molar-refractivity contribution in [2.45, 2.75) is 13.5 Å². The molecule has 1 amide bonds. The first-order valence-electron chi connectivity index (χ1n) is 7.06. The first kappa shape index (κ1) is 15.2. The summed E-state index contributed by atoms with van der Waals surface area (Å²) in [5.41, 5.74) is 2.20. The fourth-order valence-electron chi connectivity index (χ4n) is 2.15. The lowest BCUT2D eigenvalue weighted by Gasteiger charge is -2.05. The molecule has 0 unspecified atom stereocenters. The predicted molar refractivity (Wildman–Crippen MR) is 87.1 cm³/mol. The van der Waals surface area contributed by atoms with Gasteiger partial charge in [-0.25, -0.2) is 0 Å². The van der Waals surface area contributed by atoms with Crippen molar-refractivity contribution in [3.63, 3.8) is 0 Å². The smallest absolute Gasteiger partial charge is 0.251 e. The van der Waals surface area contributed by atoms with Gasteiger partial charge >= 0.3 is 0 Å². The highest BCUT2D eigenvalue weighted by Gasteiger charge is 2.13. The van der Waals surface area contributed by atoms with Gasteiger partial charge in [0, 0.05) is 5.56 Å². The Bertz CT molecular complexity index is 845. The summed E-state index contributed by atoms with van der Waals surface area (Å²) in [6.45, 7) is 2.04. The molecule has 3 aromatic rings. The van der Waals surface area contributed by atoms with Gasteiger partial charge in [0.05, 0.1) is 17.1 Å². The predicted octanol–water partition coefficient (Wildman–Crippen LogP) is 3.63. The van der Waals surface area contributed by atoms with E-state index in [0.717, 1.165) is 5.56 Å². The molecule has 0 spiro atoms. The number of benzene rings is 2. The highest BCUT2D eigenvalue weighted by Crippen LogP contribution is 2.26. The summed E-state index contributed by atoms with van der Waals surface area (Å²) in [7, 11) is 0. The molecule has 0 radical (unpaired) electrons. The topological polar surface area (TPSA) is 68.0 Å². The Morgan fingerprint density at radius 3 is 2.65 bits per heavy atom. The van der Waals surface area contributed by atoms with Crippen molar-refractivity contribution in [1.29, 1.82) is 0 Å². The normalized spacial score (nSPS) is 10.5. The minimum Gasteiger partial charge on any atom is -0.419 e. The van der Waals surface area contributed by atoms with Crippen LogP contribution in [-0.2, 0) is 6.54 Å². The van der Waals surface area contributed by atoms with Crippen LogP contribution >= 0.6 is 11.6 Å². The van der Waals surface area contributed by atoms with E-state index in [-0.39, 0.29) is 12.5 Å². The molecule has 2 aromatic carbocycles. The number of aromatic nitrogens is 2. The maximum Gasteiger partial charge on any atom is 0.251 e. The molecule has 0 saturated carbocycles. The molecule has 0 bridgehead atoms. The monoisotopic (exact) mass is 327 g/mol. The number of nitrogens with one attached hydrogen (secondary N) is 1. The van der Waals surface area contributed by atoms with Gasteiger partial charge in [-0.05, 0) is 30.7 Å². The zero-order chi connectivity index (χ0) is 16.2. The third kappa shape index (κ3) is 3.40. The summed E-state index contributed by atoms with van der Waals surface area (Å²) < 4.78 is 5.55. The summed E-state index contributed by atoms with van der Waals surface area (Å²) in [6, 6.07) is 14.6. The van der Waals surface area contributed by atoms with E-state index in [1.807, 2.05) is 37.3 Å². The van der Waals surface area contributed by atoms with Crippen molar-refractivity contribution >= 4 is 17.5 Å². The number of halogens is 1. The van der Waals surface area contributed by atoms with Crippen molar-refractivity contribution < 1.29 is 9.21 Å². The highest BCUT2D eigenvalue weighted by molar-refractivity contribution is 6.33. The average Bonchev–Trinajstić information content (AvgIpc) is 3.02. The minimum absolute atomic E-state index is 0.157. The largest absolute Gasteiger partial charge is 0.419 e. The van der Waals surface area contributed by atoms with E-state index in [4.69, 9.17) is 16.0 Å². The molecular weight excluding hydrogens is 314 g/mol. The Balaban J connectivity index is 1.70. The summed E-state index contributed by atoms with van der Waals surface area (Å²) in [6.07, 6.45) is 0. The molecule has 0 aliphatic rings. The Morgan fingerprint density at radius 1 is 1.13 bits per heavy atom. The van der Waals surface area contributed by atoms with Gasteiger partial charge in [-0.2, -0.15) is 0 Å². The molecule has 0 aliphatic heterocycles. The lowest BCUT2D eigenvalue weighted by molar-refractivity contribution is 0.0946. The maximum atomic E-state index is 12.1. The number of nitrogens with zero attached hydrogens (tertiary/aromatic N) is 2. The highest BCUT2D eigenvalue weighted by atomic mass is 35.5. The van der Waals surface area contributed by atoms with Gasteiger partial charge in [-0.3, -0.25) is 4.79 Å². The molecule has 0 fully saturated rings. The molecule has 23 heavy (non-hydrogen) atoms. The van der Waals surface area contributed by atoms with Crippen LogP contribution in [0, 0.1) is 6.92 Å². The second-order valence-electron chi connectivity index (χ2n) is 4.98. The third-order valence-electron chi connectivity index (χ3n) is 3.36. The van der Waals surface area contributed by atoms with Gasteiger partial charge in [-0.1, -0.05) is 41.9 Å². The molecule has 6 heteroatoms. The van der Waals surface area contributed by atoms with E-state index in [2.05, 4.69) is 15.5 Å². The standard InChI is InChI=1S/C17H14ClN3O2/c1-11-6-2-3-7-12(11)16(22)19-10-15-20-21-17(23-15)13-8-4-5-9-14(13)18/h2-9H,10H2,1H3,(H,19,22). The van der Waals surface area contributed by atoms with Crippen LogP contribution < -0.4 is 5.32 Å². The van der Waals surface area contributed by atoms with E-state index in [0.29, 0.717) is 27.9 Å². The van der Waals surface area contributed by atoms with Gasteiger partial charge in [0.1, 0.15) is 0 Å². The number of aryl methyl sites for hydroxylation is 1. The summed E-state index contributed by atoms with van der Waals surface area (Å²) >= 11 is 6.10. The fourth-order valence-corrected chi connectivity index (χ4v) is 2.36. The Morgan fingerprint density at radius 2 is 1.87 bits per heavy atom. The first-order chi connectivity index (χ1) is 11.1. The van der Waals surface area contributed by atoms with Crippen LogP contribution in [0.5, 0.6) is 0 Å². The van der Waals surface area contributed by atoms with Crippen LogP contribution in [0.15, 0.2) is 52.9 Å². The SMILES string of the molecule is Cc1ccccc1C(=O)NCc1nnc(-c2ccccc2Cl)o1. The third-order valence-corrected chi connectivity index (χ3v) is 3.69. The number of rotatable bonds is 4. The van der Waals surface area contributed by atoms with Crippen molar-refractivity contribution in [2.75, 3.05) is 0 Å². The van der Waals surface area contributed by atoms with Crippen molar-refractivity contribution in [3.05, 3.63) is 70.6 Å². The van der Waals surface area contributed by atoms with Crippen molar-refractivity contribution in [2.24, 2.45) is 0 Å². The van der Waals surface area contributed by atoms with Crippen molar-refractivity contribution in [3.8, 4) is 11.5 Å². The molecule has 1 N–H and O–H groups in total. The van der Waals surface area contributed by atoms with Gasteiger partial charge in [-0.15, -0.1) is 10.2 Å². The van der Waals surface area contributed by atoms with Crippen LogP contribution in [0.4, 0.5) is 0 Å². The van der Waals surface area contributed by atoms with Crippen LogP contribution in [0.1, 0.15) is 21.8 Å². The molecule has 5 nitrogen and oxygen atoms in total. The van der Waals surface area contributed by atoms with E-state index in [9.17, 15) is 4.79 Å². The molecule has 0 aliphatic carbocycles. The van der Waals surface area contributed by atoms with Gasteiger partial charge in [0.25, 0.3) is 5.91 Å². The summed E-state index contributed by atoms with van der Waals surface area (Å²) in [4.78, 5) is 12.1. The average molecular weight is 328 g/mol. The fraction of sp³-hybridized carbons (Fsp3) is 0.118. The van der Waals surface area contributed by atoms with Crippen molar-refractivity contribution in [1.82, 2.24) is 15.5 Å². The Kier molecular flexibility index (Phi) is 4.39. The minimum atomic E-state index is -0.180. The molecular formula is C17H14ClN3O2. The van der Waals surface area contributed by atoms with E-state index in [1.54, 1.807) is 18.2 Å². The van der Waals surface area contributed by atoms with E-state index < -0.39 is 0 Å². The lowest BCUT2D eigenvalue weighted by atomic mass is 10.1. The number of hydrogen-bond acceptors (Lipinski definition) is 4. The van der Waals surface area contributed by atoms with Crippen LogP contribution in [0.25, 0.3) is 11.5 Å². The Hall–Kier alpha value is -2.66. The van der Waals surface area contributed by atoms with Crippen LogP contribution in [0.2, 0.25) is 5.02 Å². The van der Waals surface area contributed by atoms with E-state index in [1.165, 1.54) is 0 Å². The second-order valence-corrected chi connectivity index (χ2v) is 5.39. The first-order valence-corrected chi connectivity index (χ1v) is 7.44. The molecule has 0 saturated heterocycles. The number of carbonyl (C=O) groups is 1. The van der Waals surface area contributed by atoms with Gasteiger partial charge in [0.2, 0.25) is 11.8 Å². The van der Waals surface area contributed by atoms with Crippen LogP contribution in [-0.4, -0.2) is 16.1 Å². The number of amides is 1. The maximum absolute atomic E-state index is 12.1. The molecule has 1 aromatic heterocycles. The van der Waals surface area contributed by atoms with Gasteiger partial charge < -0.3 is 9.73 Å². The molecule has 3 rings (SSSR count). The Labute approximate surface area is 138 Å².